The molecule has 2 atom stereocenters. The van der Waals surface area contributed by atoms with Gasteiger partial charge in [0.05, 0.1) is 12.6 Å². The molecule has 1 saturated heterocycles. The first-order valence-electron chi connectivity index (χ1n) is 7.33. The van der Waals surface area contributed by atoms with Gasteiger partial charge in [0, 0.05) is 11.6 Å². The molecule has 2 rings (SSSR count). The Labute approximate surface area is 139 Å². The van der Waals surface area contributed by atoms with E-state index in [0.717, 1.165) is 11.1 Å². The highest BCUT2D eigenvalue weighted by Crippen LogP contribution is 2.26. The Bertz CT molecular complexity index is 595. The van der Waals surface area contributed by atoms with E-state index in [2.05, 4.69) is 0 Å². The minimum absolute atomic E-state index is 0.0283. The second-order valence-electron chi connectivity index (χ2n) is 5.73. The first-order chi connectivity index (χ1) is 10.8. The van der Waals surface area contributed by atoms with Crippen LogP contribution >= 0.6 is 11.6 Å². The summed E-state index contributed by atoms with van der Waals surface area (Å²) >= 11 is 6.10. The molecule has 0 aromatic heterocycles. The number of carboxylic acid groups (broad SMARTS) is 1. The number of ether oxygens (including phenoxy) is 2. The molecule has 1 aliphatic heterocycles. The Kier molecular flexibility index (Phi) is 5.49. The van der Waals surface area contributed by atoms with E-state index in [-0.39, 0.29) is 25.2 Å². The average Bonchev–Trinajstić information content (AvgIpc) is 2.49. The van der Waals surface area contributed by atoms with E-state index in [9.17, 15) is 9.59 Å². The van der Waals surface area contributed by atoms with Crippen molar-refractivity contribution in [3.63, 3.8) is 0 Å². The van der Waals surface area contributed by atoms with Crippen molar-refractivity contribution in [2.24, 2.45) is 0 Å². The van der Waals surface area contributed by atoms with E-state index in [4.69, 9.17) is 26.2 Å². The van der Waals surface area contributed by atoms with Gasteiger partial charge in [-0.2, -0.15) is 0 Å². The molecule has 1 aromatic carbocycles. The molecule has 1 amide bonds. The highest BCUT2D eigenvalue weighted by Gasteiger charge is 2.32. The molecule has 1 unspecified atom stereocenters. The first kappa shape index (κ1) is 17.6. The van der Waals surface area contributed by atoms with E-state index in [1.165, 1.54) is 4.90 Å². The maximum Gasteiger partial charge on any atom is 0.334 e. The van der Waals surface area contributed by atoms with Crippen molar-refractivity contribution in [2.75, 3.05) is 19.7 Å². The van der Waals surface area contributed by atoms with Crippen molar-refractivity contribution in [3.8, 4) is 5.75 Å². The molecule has 0 saturated carbocycles. The number of hydrogen-bond acceptors (Lipinski definition) is 4. The molecule has 126 valence electrons. The number of benzene rings is 1. The van der Waals surface area contributed by atoms with Crippen LogP contribution in [0, 0.1) is 13.8 Å². The fraction of sp³-hybridized carbons (Fsp3) is 0.500. The van der Waals surface area contributed by atoms with E-state index in [1.807, 2.05) is 13.8 Å². The summed E-state index contributed by atoms with van der Waals surface area (Å²) in [6.45, 7) is 5.70. The predicted octanol–water partition coefficient (Wildman–Crippen LogP) is 2.04. The SMILES string of the molecule is Cc1cc(OCC(=O)N2CC(C(=O)O)O[C@H](C)C2)cc(C)c1Cl. The summed E-state index contributed by atoms with van der Waals surface area (Å²) in [7, 11) is 0. The van der Waals surface area contributed by atoms with Crippen LogP contribution in [-0.4, -0.2) is 53.8 Å². The lowest BCUT2D eigenvalue weighted by atomic mass is 10.1. The molecule has 0 aliphatic carbocycles. The zero-order chi connectivity index (χ0) is 17.1. The number of aryl methyl sites for hydroxylation is 2. The number of carbonyl (C=O) groups excluding carboxylic acids is 1. The third-order valence-corrected chi connectivity index (χ3v) is 4.26. The van der Waals surface area contributed by atoms with E-state index in [1.54, 1.807) is 19.1 Å². The van der Waals surface area contributed by atoms with Gasteiger partial charge < -0.3 is 19.5 Å². The van der Waals surface area contributed by atoms with Gasteiger partial charge in [-0.05, 0) is 44.0 Å². The van der Waals surface area contributed by atoms with Crippen molar-refractivity contribution < 1.29 is 24.2 Å². The summed E-state index contributed by atoms with van der Waals surface area (Å²) in [5, 5.41) is 9.72. The fourth-order valence-corrected chi connectivity index (χ4v) is 2.63. The third-order valence-electron chi connectivity index (χ3n) is 3.66. The fourth-order valence-electron chi connectivity index (χ4n) is 2.52. The third kappa shape index (κ3) is 4.36. The summed E-state index contributed by atoms with van der Waals surface area (Å²) in [4.78, 5) is 24.8. The molecular formula is C16H20ClNO5. The van der Waals surface area contributed by atoms with Gasteiger partial charge in [-0.1, -0.05) is 11.6 Å². The van der Waals surface area contributed by atoms with Crippen molar-refractivity contribution >= 4 is 23.5 Å². The number of carbonyl (C=O) groups is 2. The molecular weight excluding hydrogens is 322 g/mol. The Morgan fingerprint density at radius 2 is 1.96 bits per heavy atom. The summed E-state index contributed by atoms with van der Waals surface area (Å²) in [6, 6.07) is 3.54. The maximum absolute atomic E-state index is 12.2. The second kappa shape index (κ2) is 7.19. The van der Waals surface area contributed by atoms with Gasteiger partial charge in [-0.25, -0.2) is 4.79 Å². The van der Waals surface area contributed by atoms with Crippen LogP contribution in [0.15, 0.2) is 12.1 Å². The molecule has 1 heterocycles. The van der Waals surface area contributed by atoms with Crippen molar-refractivity contribution in [2.45, 2.75) is 33.0 Å². The number of halogens is 1. The Morgan fingerprint density at radius 3 is 2.52 bits per heavy atom. The molecule has 1 fully saturated rings. The molecule has 1 aromatic rings. The van der Waals surface area contributed by atoms with Crippen molar-refractivity contribution in [1.29, 1.82) is 0 Å². The van der Waals surface area contributed by atoms with Crippen LogP contribution < -0.4 is 4.74 Å². The number of carboxylic acids is 1. The lowest BCUT2D eigenvalue weighted by Gasteiger charge is -2.34. The number of hydrogen-bond donors (Lipinski definition) is 1. The van der Waals surface area contributed by atoms with Gasteiger partial charge >= 0.3 is 5.97 Å². The van der Waals surface area contributed by atoms with Crippen molar-refractivity contribution in [1.82, 2.24) is 4.90 Å². The van der Waals surface area contributed by atoms with Gasteiger partial charge in [-0.15, -0.1) is 0 Å². The van der Waals surface area contributed by atoms with Crippen LogP contribution in [0.2, 0.25) is 5.02 Å². The minimum atomic E-state index is -1.07. The number of morpholine rings is 1. The zero-order valence-corrected chi connectivity index (χ0v) is 14.1. The van der Waals surface area contributed by atoms with Gasteiger partial charge in [0.2, 0.25) is 0 Å². The molecule has 1 N–H and O–H groups in total. The predicted molar refractivity (Wildman–Crippen MR) is 85.0 cm³/mol. The largest absolute Gasteiger partial charge is 0.484 e. The quantitative estimate of drug-likeness (QED) is 0.907. The van der Waals surface area contributed by atoms with Crippen LogP contribution in [-0.2, 0) is 14.3 Å². The maximum atomic E-state index is 12.2. The van der Waals surface area contributed by atoms with Gasteiger partial charge in [-0.3, -0.25) is 4.79 Å². The lowest BCUT2D eigenvalue weighted by molar-refractivity contribution is -0.167. The molecule has 7 heteroatoms. The highest BCUT2D eigenvalue weighted by molar-refractivity contribution is 6.32. The summed E-state index contributed by atoms with van der Waals surface area (Å²) < 4.78 is 10.8. The average molecular weight is 342 g/mol. The van der Waals surface area contributed by atoms with Crippen LogP contribution in [0.25, 0.3) is 0 Å². The standard InChI is InChI=1S/C16H20ClNO5/c1-9-4-12(5-10(2)15(9)17)22-8-14(19)18-6-11(3)23-13(7-18)16(20)21/h4-5,11,13H,6-8H2,1-3H3,(H,20,21)/t11-,13?/m1/s1. The van der Waals surface area contributed by atoms with Crippen LogP contribution in [0.1, 0.15) is 18.1 Å². The summed E-state index contributed by atoms with van der Waals surface area (Å²) in [6.07, 6.45) is -1.32. The number of nitrogens with zero attached hydrogens (tertiary/aromatic N) is 1. The Morgan fingerprint density at radius 1 is 1.35 bits per heavy atom. The second-order valence-corrected chi connectivity index (χ2v) is 6.11. The number of aliphatic carboxylic acids is 1. The van der Waals surface area contributed by atoms with Gasteiger partial charge in [0.1, 0.15) is 5.75 Å². The van der Waals surface area contributed by atoms with Gasteiger partial charge in [0.25, 0.3) is 5.91 Å². The normalized spacial score (nSPS) is 21.1. The van der Waals surface area contributed by atoms with E-state index >= 15 is 0 Å². The summed E-state index contributed by atoms with van der Waals surface area (Å²) in [5.41, 5.74) is 1.75. The van der Waals surface area contributed by atoms with Gasteiger partial charge in [0.15, 0.2) is 12.7 Å². The first-order valence-corrected chi connectivity index (χ1v) is 7.71. The molecule has 0 spiro atoms. The Balaban J connectivity index is 1.98. The topological polar surface area (TPSA) is 76.1 Å². The van der Waals surface area contributed by atoms with Crippen molar-refractivity contribution in [3.05, 3.63) is 28.3 Å². The van der Waals surface area contributed by atoms with Crippen LogP contribution in [0.5, 0.6) is 5.75 Å². The minimum Gasteiger partial charge on any atom is -0.484 e. The molecule has 1 aliphatic rings. The smallest absolute Gasteiger partial charge is 0.334 e. The molecule has 0 bridgehead atoms. The number of amides is 1. The summed E-state index contributed by atoms with van der Waals surface area (Å²) in [5.74, 6) is -0.773. The van der Waals surface area contributed by atoms with Crippen LogP contribution in [0.3, 0.4) is 0 Å². The molecule has 0 radical (unpaired) electrons. The zero-order valence-electron chi connectivity index (χ0n) is 13.3. The Hall–Kier alpha value is -1.79. The monoisotopic (exact) mass is 341 g/mol. The molecule has 6 nitrogen and oxygen atoms in total. The number of rotatable bonds is 4. The highest BCUT2D eigenvalue weighted by atomic mass is 35.5. The van der Waals surface area contributed by atoms with Crippen LogP contribution in [0.4, 0.5) is 0 Å². The van der Waals surface area contributed by atoms with E-state index in [0.29, 0.717) is 17.3 Å². The lowest BCUT2D eigenvalue weighted by Crippen LogP contribution is -2.52. The molecule has 23 heavy (non-hydrogen) atoms. The van der Waals surface area contributed by atoms with E-state index < -0.39 is 12.1 Å².